The summed E-state index contributed by atoms with van der Waals surface area (Å²) in [6.07, 6.45) is 0. The third kappa shape index (κ3) is 1.20. The molecule has 1 heterocycles. The molecule has 0 bridgehead atoms. The van der Waals surface area contributed by atoms with Crippen LogP contribution in [0.5, 0.6) is 5.88 Å². The zero-order chi connectivity index (χ0) is 9.19. The summed E-state index contributed by atoms with van der Waals surface area (Å²) < 4.78 is 29.0. The molecule has 0 aromatic carbocycles. The lowest BCUT2D eigenvalue weighted by Crippen LogP contribution is -1.79. The van der Waals surface area contributed by atoms with Gasteiger partial charge in [-0.15, -0.1) is 0 Å². The van der Waals surface area contributed by atoms with E-state index in [1.54, 1.807) is 0 Å². The molecule has 0 saturated heterocycles. The summed E-state index contributed by atoms with van der Waals surface area (Å²) in [4.78, 5) is 0. The van der Waals surface area contributed by atoms with E-state index < -0.39 is 7.04 Å². The minimum Gasteiger partial charge on any atom is -0.479 e. The second-order valence-corrected chi connectivity index (χ2v) is 1.39. The van der Waals surface area contributed by atoms with Gasteiger partial charge < -0.3 is 14.4 Å². The van der Waals surface area contributed by atoms with E-state index in [4.69, 9.17) is 9.22 Å². The van der Waals surface area contributed by atoms with Gasteiger partial charge in [-0.1, -0.05) is 0 Å². The smallest absolute Gasteiger partial charge is 0.254 e. The fourth-order valence-electron chi connectivity index (χ4n) is 0.417. The number of aromatic nitrogens is 1. The Balaban J connectivity index is 2.64. The lowest BCUT2D eigenvalue weighted by Gasteiger charge is -1.83. The molecule has 0 atom stereocenters. The Bertz CT molecular complexity index is 257. The lowest BCUT2D eigenvalue weighted by atomic mass is 10.5. The van der Waals surface area contributed by atoms with Crippen LogP contribution in [-0.4, -0.2) is 17.3 Å². The standard InChI is InChI=1S/C5H7NO3/c1-8-5-2-4(3-7)9-6-5/h2,7H,3H2,1H3/i1D3. The van der Waals surface area contributed by atoms with Gasteiger partial charge in [0, 0.05) is 6.07 Å². The molecule has 0 aliphatic heterocycles. The van der Waals surface area contributed by atoms with Gasteiger partial charge in [0.05, 0.1) is 11.2 Å². The number of nitrogens with zero attached hydrogens (tertiary/aromatic N) is 1. The van der Waals surface area contributed by atoms with Crippen molar-refractivity contribution in [1.82, 2.24) is 5.16 Å². The molecule has 4 heteroatoms. The van der Waals surface area contributed by atoms with Crippen molar-refractivity contribution in [2.24, 2.45) is 0 Å². The van der Waals surface area contributed by atoms with E-state index in [-0.39, 0.29) is 18.2 Å². The molecule has 0 aliphatic carbocycles. The molecule has 4 nitrogen and oxygen atoms in total. The summed E-state index contributed by atoms with van der Waals surface area (Å²) in [7, 11) is -2.54. The van der Waals surface area contributed by atoms with Crippen molar-refractivity contribution < 1.29 is 18.5 Å². The fourth-order valence-corrected chi connectivity index (χ4v) is 0.417. The van der Waals surface area contributed by atoms with Gasteiger partial charge in [0.1, 0.15) is 6.61 Å². The molecular formula is C5H7NO3. The van der Waals surface area contributed by atoms with Crippen molar-refractivity contribution in [2.75, 3.05) is 7.04 Å². The van der Waals surface area contributed by atoms with Crippen molar-refractivity contribution in [3.05, 3.63) is 11.8 Å². The highest BCUT2D eigenvalue weighted by molar-refractivity contribution is 5.09. The summed E-state index contributed by atoms with van der Waals surface area (Å²) in [6.45, 7) is -0.336. The number of hydrogen-bond donors (Lipinski definition) is 1. The molecule has 1 aromatic heterocycles. The van der Waals surface area contributed by atoms with Crippen LogP contribution in [0.4, 0.5) is 0 Å². The lowest BCUT2D eigenvalue weighted by molar-refractivity contribution is 0.226. The maximum atomic E-state index is 8.52. The number of rotatable bonds is 2. The van der Waals surface area contributed by atoms with Gasteiger partial charge in [0.2, 0.25) is 0 Å². The second kappa shape index (κ2) is 2.50. The maximum absolute atomic E-state index is 8.52. The minimum atomic E-state index is -2.54. The molecule has 9 heavy (non-hydrogen) atoms. The van der Waals surface area contributed by atoms with E-state index in [1.165, 1.54) is 6.07 Å². The predicted molar refractivity (Wildman–Crippen MR) is 29.0 cm³/mol. The first kappa shape index (κ1) is 3.22. The fraction of sp³-hybridized carbons (Fsp3) is 0.400. The van der Waals surface area contributed by atoms with Gasteiger partial charge in [-0.05, 0) is 5.16 Å². The predicted octanol–water partition coefficient (Wildman–Crippen LogP) is 0.175. The van der Waals surface area contributed by atoms with Gasteiger partial charge >= 0.3 is 0 Å². The van der Waals surface area contributed by atoms with E-state index in [2.05, 4.69) is 14.4 Å². The van der Waals surface area contributed by atoms with E-state index in [1.807, 2.05) is 0 Å². The van der Waals surface area contributed by atoms with Crippen LogP contribution in [0.1, 0.15) is 9.87 Å². The summed E-state index contributed by atoms with van der Waals surface area (Å²) in [5.41, 5.74) is 0. The molecule has 1 N–H and O–H groups in total. The average Bonchev–Trinajstić information content (AvgIpc) is 2.32. The van der Waals surface area contributed by atoms with Gasteiger partial charge in [0.25, 0.3) is 5.88 Å². The molecule has 50 valence electrons. The highest BCUT2D eigenvalue weighted by Gasteiger charge is 1.99. The van der Waals surface area contributed by atoms with Gasteiger partial charge in [0.15, 0.2) is 5.76 Å². The maximum Gasteiger partial charge on any atom is 0.254 e. The minimum absolute atomic E-state index is 0.154. The quantitative estimate of drug-likeness (QED) is 0.623. The van der Waals surface area contributed by atoms with E-state index in [9.17, 15) is 0 Å². The molecule has 1 aromatic rings. The largest absolute Gasteiger partial charge is 0.479 e. The second-order valence-electron chi connectivity index (χ2n) is 1.39. The van der Waals surface area contributed by atoms with E-state index in [0.717, 1.165) is 0 Å². The van der Waals surface area contributed by atoms with Crippen LogP contribution in [0.3, 0.4) is 0 Å². The van der Waals surface area contributed by atoms with E-state index in [0.29, 0.717) is 0 Å². The number of methoxy groups -OCH3 is 1. The number of hydrogen-bond acceptors (Lipinski definition) is 4. The van der Waals surface area contributed by atoms with Gasteiger partial charge in [-0.25, -0.2) is 0 Å². The topological polar surface area (TPSA) is 55.5 Å². The summed E-state index contributed by atoms with van der Waals surface area (Å²) >= 11 is 0. The summed E-state index contributed by atoms with van der Waals surface area (Å²) in [6, 6.07) is 1.21. The number of ether oxygens (including phenoxy) is 1. The molecular weight excluding hydrogens is 122 g/mol. The Labute approximate surface area is 56.2 Å². The van der Waals surface area contributed by atoms with Gasteiger partial charge in [-0.2, -0.15) is 0 Å². The van der Waals surface area contributed by atoms with Crippen LogP contribution in [0, 0.1) is 0 Å². The Morgan fingerprint density at radius 2 is 3.00 bits per heavy atom. The molecule has 0 fully saturated rings. The third-order valence-corrected chi connectivity index (χ3v) is 0.798. The summed E-state index contributed by atoms with van der Waals surface area (Å²) in [5, 5.41) is 11.8. The molecule has 0 amide bonds. The van der Waals surface area contributed by atoms with Crippen molar-refractivity contribution in [1.29, 1.82) is 0 Å². The first-order valence-corrected chi connectivity index (χ1v) is 2.27. The van der Waals surface area contributed by atoms with Crippen LogP contribution < -0.4 is 4.74 Å². The molecule has 0 radical (unpaired) electrons. The highest BCUT2D eigenvalue weighted by Crippen LogP contribution is 2.09. The Hall–Kier alpha value is -1.03. The monoisotopic (exact) mass is 132 g/mol. The van der Waals surface area contributed by atoms with Gasteiger partial charge in [-0.3, -0.25) is 0 Å². The Kier molecular flexibility index (Phi) is 0.893. The average molecular weight is 132 g/mol. The van der Waals surface area contributed by atoms with Crippen molar-refractivity contribution in [3.63, 3.8) is 0 Å². The Morgan fingerprint density at radius 1 is 2.11 bits per heavy atom. The number of aliphatic hydroxyl groups excluding tert-OH is 1. The Morgan fingerprint density at radius 3 is 3.56 bits per heavy atom. The molecule has 1 rings (SSSR count). The van der Waals surface area contributed by atoms with Crippen molar-refractivity contribution >= 4 is 0 Å². The zero-order valence-corrected chi connectivity index (χ0v) is 4.50. The molecule has 0 saturated carbocycles. The molecule has 0 aliphatic rings. The van der Waals surface area contributed by atoms with Crippen LogP contribution in [0.2, 0.25) is 0 Å². The van der Waals surface area contributed by atoms with Crippen molar-refractivity contribution in [3.8, 4) is 5.88 Å². The molecule has 0 unspecified atom stereocenters. The SMILES string of the molecule is [2H]C([2H])([2H])Oc1cc(CO)on1. The van der Waals surface area contributed by atoms with Crippen LogP contribution in [-0.2, 0) is 6.61 Å². The third-order valence-electron chi connectivity index (χ3n) is 0.798. The van der Waals surface area contributed by atoms with Crippen LogP contribution in [0.15, 0.2) is 10.6 Å². The molecule has 0 spiro atoms. The van der Waals surface area contributed by atoms with E-state index >= 15 is 0 Å². The first-order valence-electron chi connectivity index (χ1n) is 3.77. The highest BCUT2D eigenvalue weighted by atomic mass is 16.5. The van der Waals surface area contributed by atoms with Crippen molar-refractivity contribution in [2.45, 2.75) is 6.61 Å². The van der Waals surface area contributed by atoms with Crippen LogP contribution in [0.25, 0.3) is 0 Å². The first-order chi connectivity index (χ1) is 5.51. The zero-order valence-electron chi connectivity index (χ0n) is 7.50. The normalized spacial score (nSPS) is 15.9. The number of aliphatic hydroxyl groups is 1. The van der Waals surface area contributed by atoms with Crippen LogP contribution >= 0.6 is 0 Å². The summed E-state index contributed by atoms with van der Waals surface area (Å²) in [5.74, 6) is 0.00769.